The van der Waals surface area contributed by atoms with Gasteiger partial charge in [-0.2, -0.15) is 0 Å². The van der Waals surface area contributed by atoms with E-state index in [0.717, 1.165) is 49.5 Å². The molecule has 1 aliphatic heterocycles. The molecule has 4 rings (SSSR count). The molecule has 1 unspecified atom stereocenters. The SMILES string of the molecule is OC(c1ccc2c(c1)CN(C/C=C/c1ccco1)CCO2)C1CCCCC1. The summed E-state index contributed by atoms with van der Waals surface area (Å²) >= 11 is 0. The van der Waals surface area contributed by atoms with Gasteiger partial charge in [0, 0.05) is 25.2 Å². The summed E-state index contributed by atoms with van der Waals surface area (Å²) in [5.74, 6) is 2.22. The molecule has 0 radical (unpaired) electrons. The summed E-state index contributed by atoms with van der Waals surface area (Å²) < 4.78 is 11.3. The highest BCUT2D eigenvalue weighted by Gasteiger charge is 2.24. The van der Waals surface area contributed by atoms with Gasteiger partial charge in [0.25, 0.3) is 0 Å². The van der Waals surface area contributed by atoms with Crippen molar-refractivity contribution >= 4 is 6.08 Å². The Hall–Kier alpha value is -2.04. The summed E-state index contributed by atoms with van der Waals surface area (Å²) in [6, 6.07) is 10.1. The van der Waals surface area contributed by atoms with Crippen LogP contribution in [0.25, 0.3) is 6.08 Å². The summed E-state index contributed by atoms with van der Waals surface area (Å²) in [6.07, 6.45) is 11.5. The number of hydrogen-bond donors (Lipinski definition) is 1. The van der Waals surface area contributed by atoms with Gasteiger partial charge in [-0.25, -0.2) is 0 Å². The van der Waals surface area contributed by atoms with Crippen molar-refractivity contribution < 1.29 is 14.3 Å². The summed E-state index contributed by atoms with van der Waals surface area (Å²) in [4.78, 5) is 2.36. The number of ether oxygens (including phenoxy) is 1. The highest BCUT2D eigenvalue weighted by atomic mass is 16.5. The van der Waals surface area contributed by atoms with Crippen molar-refractivity contribution in [2.24, 2.45) is 5.92 Å². The van der Waals surface area contributed by atoms with Crippen LogP contribution in [0.1, 0.15) is 55.1 Å². The lowest BCUT2D eigenvalue weighted by atomic mass is 9.82. The molecule has 4 nitrogen and oxygen atoms in total. The van der Waals surface area contributed by atoms with Gasteiger partial charge in [0.15, 0.2) is 0 Å². The maximum absolute atomic E-state index is 10.9. The van der Waals surface area contributed by atoms with E-state index >= 15 is 0 Å². The predicted octanol–water partition coefficient (Wildman–Crippen LogP) is 4.80. The van der Waals surface area contributed by atoms with Crippen LogP contribution in [0, 0.1) is 5.92 Å². The van der Waals surface area contributed by atoms with Crippen molar-refractivity contribution in [2.45, 2.75) is 44.8 Å². The van der Waals surface area contributed by atoms with Crippen LogP contribution in [0.5, 0.6) is 5.75 Å². The zero-order chi connectivity index (χ0) is 18.5. The van der Waals surface area contributed by atoms with Crippen molar-refractivity contribution in [2.75, 3.05) is 19.7 Å². The summed E-state index contributed by atoms with van der Waals surface area (Å²) in [6.45, 7) is 3.26. The Morgan fingerprint density at radius 2 is 2.07 bits per heavy atom. The maximum Gasteiger partial charge on any atom is 0.126 e. The van der Waals surface area contributed by atoms with Crippen LogP contribution in [0.15, 0.2) is 47.1 Å². The van der Waals surface area contributed by atoms with Crippen molar-refractivity contribution in [3.8, 4) is 5.75 Å². The second kappa shape index (κ2) is 8.77. The van der Waals surface area contributed by atoms with Gasteiger partial charge in [0.05, 0.1) is 12.4 Å². The maximum atomic E-state index is 10.9. The van der Waals surface area contributed by atoms with Gasteiger partial charge >= 0.3 is 0 Å². The van der Waals surface area contributed by atoms with Gasteiger partial charge in [-0.15, -0.1) is 0 Å². The molecule has 0 amide bonds. The third kappa shape index (κ3) is 4.63. The molecule has 0 spiro atoms. The fraction of sp³-hybridized carbons (Fsp3) is 0.478. The van der Waals surface area contributed by atoms with Crippen LogP contribution in [-0.2, 0) is 6.54 Å². The molecule has 4 heteroatoms. The number of benzene rings is 1. The molecule has 2 heterocycles. The van der Waals surface area contributed by atoms with E-state index in [0.29, 0.717) is 12.5 Å². The smallest absolute Gasteiger partial charge is 0.126 e. The Labute approximate surface area is 161 Å². The van der Waals surface area contributed by atoms with Gasteiger partial charge in [-0.05, 0) is 54.7 Å². The summed E-state index contributed by atoms with van der Waals surface area (Å²) in [7, 11) is 0. The van der Waals surface area contributed by atoms with Gasteiger partial charge in [0.1, 0.15) is 18.1 Å². The van der Waals surface area contributed by atoms with Crippen molar-refractivity contribution in [1.82, 2.24) is 4.90 Å². The third-order valence-corrected chi connectivity index (χ3v) is 5.77. The summed E-state index contributed by atoms with van der Waals surface area (Å²) in [5.41, 5.74) is 2.21. The topological polar surface area (TPSA) is 45.8 Å². The Kier molecular flexibility index (Phi) is 5.95. The highest BCUT2D eigenvalue weighted by molar-refractivity contribution is 5.42. The predicted molar refractivity (Wildman–Crippen MR) is 106 cm³/mol. The Bertz CT molecular complexity index is 747. The van der Waals surface area contributed by atoms with E-state index in [4.69, 9.17) is 9.15 Å². The molecule has 1 atom stereocenters. The van der Waals surface area contributed by atoms with E-state index in [1.165, 1.54) is 24.8 Å². The number of aliphatic hydroxyl groups excluding tert-OH is 1. The van der Waals surface area contributed by atoms with Gasteiger partial charge in [0.2, 0.25) is 0 Å². The van der Waals surface area contributed by atoms with Crippen molar-refractivity contribution in [3.05, 3.63) is 59.6 Å². The lowest BCUT2D eigenvalue weighted by molar-refractivity contribution is 0.0847. The minimum atomic E-state index is -0.355. The van der Waals surface area contributed by atoms with Crippen LogP contribution in [0.2, 0.25) is 0 Å². The second-order valence-corrected chi connectivity index (χ2v) is 7.71. The van der Waals surface area contributed by atoms with E-state index in [1.807, 2.05) is 30.3 Å². The molecule has 2 aromatic rings. The van der Waals surface area contributed by atoms with E-state index < -0.39 is 0 Å². The molecule has 1 N–H and O–H groups in total. The molecule has 1 aliphatic carbocycles. The normalized spacial score (nSPS) is 20.2. The Balaban J connectivity index is 1.44. The largest absolute Gasteiger partial charge is 0.492 e. The summed E-state index contributed by atoms with van der Waals surface area (Å²) in [5, 5.41) is 10.9. The monoisotopic (exact) mass is 367 g/mol. The fourth-order valence-corrected chi connectivity index (χ4v) is 4.23. The number of fused-ring (bicyclic) bond motifs is 1. The quantitative estimate of drug-likeness (QED) is 0.824. The molecule has 27 heavy (non-hydrogen) atoms. The second-order valence-electron chi connectivity index (χ2n) is 7.71. The third-order valence-electron chi connectivity index (χ3n) is 5.77. The number of nitrogens with zero attached hydrogens (tertiary/aromatic N) is 1. The van der Waals surface area contributed by atoms with E-state index in [9.17, 15) is 5.11 Å². The van der Waals surface area contributed by atoms with Crippen molar-refractivity contribution in [3.63, 3.8) is 0 Å². The zero-order valence-corrected chi connectivity index (χ0v) is 15.8. The lowest BCUT2D eigenvalue weighted by Crippen LogP contribution is -2.25. The molecular formula is C23H29NO3. The standard InChI is InChI=1S/C23H29NO3/c25-23(18-6-2-1-3-7-18)19-10-11-22-20(16-19)17-24(13-15-27-22)12-4-8-21-9-5-14-26-21/h4-5,8-11,14,16,18,23,25H,1-3,6-7,12-13,15,17H2/b8-4+. The number of hydrogen-bond acceptors (Lipinski definition) is 4. The fourth-order valence-electron chi connectivity index (χ4n) is 4.23. The Morgan fingerprint density at radius 1 is 1.19 bits per heavy atom. The first-order chi connectivity index (χ1) is 13.3. The van der Waals surface area contributed by atoms with E-state index in [1.54, 1.807) is 6.26 Å². The zero-order valence-electron chi connectivity index (χ0n) is 15.8. The Morgan fingerprint density at radius 3 is 2.89 bits per heavy atom. The first-order valence-electron chi connectivity index (χ1n) is 10.2. The van der Waals surface area contributed by atoms with Crippen LogP contribution in [0.4, 0.5) is 0 Å². The first kappa shape index (κ1) is 18.3. The van der Waals surface area contributed by atoms with Gasteiger partial charge in [-0.3, -0.25) is 4.90 Å². The van der Waals surface area contributed by atoms with E-state index in [-0.39, 0.29) is 6.10 Å². The van der Waals surface area contributed by atoms with Crippen LogP contribution in [-0.4, -0.2) is 29.7 Å². The average molecular weight is 367 g/mol. The van der Waals surface area contributed by atoms with E-state index in [2.05, 4.69) is 17.0 Å². The minimum absolute atomic E-state index is 0.355. The molecule has 0 bridgehead atoms. The molecule has 1 saturated carbocycles. The number of furan rings is 1. The van der Waals surface area contributed by atoms with Crippen LogP contribution >= 0.6 is 0 Å². The molecule has 1 fully saturated rings. The van der Waals surface area contributed by atoms with Crippen LogP contribution in [0.3, 0.4) is 0 Å². The molecule has 0 saturated heterocycles. The number of aliphatic hydroxyl groups is 1. The van der Waals surface area contributed by atoms with Crippen LogP contribution < -0.4 is 4.74 Å². The molecule has 144 valence electrons. The lowest BCUT2D eigenvalue weighted by Gasteiger charge is -2.27. The van der Waals surface area contributed by atoms with Gasteiger partial charge < -0.3 is 14.3 Å². The molecule has 2 aliphatic rings. The minimum Gasteiger partial charge on any atom is -0.492 e. The molecule has 1 aromatic heterocycles. The molecular weight excluding hydrogens is 338 g/mol. The number of rotatable bonds is 5. The molecule has 1 aromatic carbocycles. The highest BCUT2D eigenvalue weighted by Crippen LogP contribution is 2.36. The first-order valence-corrected chi connectivity index (χ1v) is 10.2. The van der Waals surface area contributed by atoms with Crippen molar-refractivity contribution in [1.29, 1.82) is 0 Å². The van der Waals surface area contributed by atoms with Gasteiger partial charge in [-0.1, -0.05) is 31.4 Å². The average Bonchev–Trinajstić information content (AvgIpc) is 3.14.